The molecule has 1 amide bonds. The maximum atomic E-state index is 12.9. The van der Waals surface area contributed by atoms with Gasteiger partial charge in [-0.15, -0.1) is 10.2 Å². The zero-order chi connectivity index (χ0) is 18.4. The molecule has 0 fully saturated rings. The molecular weight excluding hydrogens is 375 g/mol. The van der Waals surface area contributed by atoms with E-state index in [-0.39, 0.29) is 23.5 Å². The maximum Gasteiger partial charge on any atom is 0.230 e. The molecule has 0 spiro atoms. The Morgan fingerprint density at radius 1 is 1.31 bits per heavy atom. The van der Waals surface area contributed by atoms with Gasteiger partial charge in [-0.3, -0.25) is 4.79 Å². The van der Waals surface area contributed by atoms with Gasteiger partial charge in [-0.05, 0) is 36.8 Å². The van der Waals surface area contributed by atoms with Crippen molar-refractivity contribution in [1.29, 1.82) is 0 Å². The molecule has 2 aromatic heterocycles. The molecule has 0 aliphatic carbocycles. The first-order valence-electron chi connectivity index (χ1n) is 7.87. The third kappa shape index (κ3) is 5.30. The van der Waals surface area contributed by atoms with Crippen LogP contribution in [0.25, 0.3) is 0 Å². The number of carbonyl (C=O) groups excluding carboxylic acids is 1. The molecule has 1 atom stereocenters. The highest BCUT2D eigenvalue weighted by atomic mass is 32.2. The van der Waals surface area contributed by atoms with Gasteiger partial charge in [0.1, 0.15) is 11.6 Å². The Hall–Kier alpha value is -2.39. The molecule has 0 radical (unpaired) electrons. The number of carbonyl (C=O) groups is 1. The largest absolute Gasteiger partial charge is 0.467 e. The highest BCUT2D eigenvalue weighted by molar-refractivity contribution is 8.01. The molecule has 2 heterocycles. The second-order valence-electron chi connectivity index (χ2n) is 5.44. The second kappa shape index (κ2) is 8.81. The molecule has 3 aromatic rings. The van der Waals surface area contributed by atoms with Gasteiger partial charge in [0.05, 0.1) is 24.6 Å². The Kier molecular flexibility index (Phi) is 6.24. The molecule has 1 aromatic carbocycles. The van der Waals surface area contributed by atoms with E-state index in [9.17, 15) is 9.18 Å². The molecule has 6 nitrogen and oxygen atoms in total. The van der Waals surface area contributed by atoms with Gasteiger partial charge in [-0.25, -0.2) is 4.39 Å². The summed E-state index contributed by atoms with van der Waals surface area (Å²) in [6, 6.07) is 9.59. The molecule has 0 saturated carbocycles. The number of anilines is 1. The fraction of sp³-hybridized carbons (Fsp3) is 0.235. The second-order valence-corrected chi connectivity index (χ2v) is 7.64. The van der Waals surface area contributed by atoms with Crippen molar-refractivity contribution in [2.75, 3.05) is 11.1 Å². The minimum atomic E-state index is -0.296. The van der Waals surface area contributed by atoms with Gasteiger partial charge in [0.15, 0.2) is 4.34 Å². The molecule has 136 valence electrons. The molecule has 2 N–H and O–H groups in total. The number of hydrogen-bond donors (Lipinski definition) is 2. The van der Waals surface area contributed by atoms with Crippen LogP contribution < -0.4 is 10.6 Å². The standard InChI is InChI=1S/C17H17FN4O2S2/c1-11(12-4-6-13(18)7-5-12)20-15(23)10-25-17-22-21-16(26-17)19-9-14-3-2-8-24-14/h2-8,11H,9-10H2,1H3,(H,19,21)(H,20,23)/t11-/m1/s1. The Balaban J connectivity index is 1.43. The van der Waals surface area contributed by atoms with Crippen LogP contribution in [0.4, 0.5) is 9.52 Å². The molecule has 0 aliphatic heterocycles. The maximum absolute atomic E-state index is 12.9. The van der Waals surface area contributed by atoms with Crippen molar-refractivity contribution in [1.82, 2.24) is 15.5 Å². The summed E-state index contributed by atoms with van der Waals surface area (Å²) in [6.45, 7) is 2.39. The van der Waals surface area contributed by atoms with Gasteiger partial charge in [-0.2, -0.15) is 0 Å². The van der Waals surface area contributed by atoms with E-state index < -0.39 is 0 Å². The summed E-state index contributed by atoms with van der Waals surface area (Å²) in [6.07, 6.45) is 1.62. The van der Waals surface area contributed by atoms with E-state index in [0.29, 0.717) is 16.0 Å². The first kappa shape index (κ1) is 18.4. The highest BCUT2D eigenvalue weighted by Gasteiger charge is 2.12. The fourth-order valence-corrected chi connectivity index (χ4v) is 3.72. The Morgan fingerprint density at radius 2 is 2.12 bits per heavy atom. The molecule has 0 saturated heterocycles. The van der Waals surface area contributed by atoms with Crippen LogP contribution in [0.5, 0.6) is 0 Å². The van der Waals surface area contributed by atoms with Crippen molar-refractivity contribution in [2.24, 2.45) is 0 Å². The zero-order valence-electron chi connectivity index (χ0n) is 13.9. The minimum absolute atomic E-state index is 0.118. The van der Waals surface area contributed by atoms with Crippen molar-refractivity contribution >= 4 is 34.1 Å². The van der Waals surface area contributed by atoms with Crippen LogP contribution in [0.2, 0.25) is 0 Å². The number of thioether (sulfide) groups is 1. The van der Waals surface area contributed by atoms with E-state index in [1.807, 2.05) is 19.1 Å². The minimum Gasteiger partial charge on any atom is -0.467 e. The van der Waals surface area contributed by atoms with Gasteiger partial charge < -0.3 is 15.1 Å². The fourth-order valence-electron chi connectivity index (χ4n) is 2.16. The van der Waals surface area contributed by atoms with Crippen molar-refractivity contribution in [3.63, 3.8) is 0 Å². The molecule has 0 unspecified atom stereocenters. The molecule has 26 heavy (non-hydrogen) atoms. The number of hydrogen-bond acceptors (Lipinski definition) is 7. The van der Waals surface area contributed by atoms with E-state index >= 15 is 0 Å². The average molecular weight is 392 g/mol. The number of furan rings is 1. The van der Waals surface area contributed by atoms with Gasteiger partial charge in [-0.1, -0.05) is 35.2 Å². The first-order valence-corrected chi connectivity index (χ1v) is 9.68. The Bertz CT molecular complexity index is 837. The van der Waals surface area contributed by atoms with Crippen LogP contribution in [0, 0.1) is 5.82 Å². The molecule has 0 aliphatic rings. The van der Waals surface area contributed by atoms with Crippen LogP contribution in [0.1, 0.15) is 24.3 Å². The lowest BCUT2D eigenvalue weighted by molar-refractivity contribution is -0.119. The van der Waals surface area contributed by atoms with Gasteiger partial charge in [0.25, 0.3) is 0 Å². The summed E-state index contributed by atoms with van der Waals surface area (Å²) in [7, 11) is 0. The number of rotatable bonds is 8. The van der Waals surface area contributed by atoms with E-state index in [1.165, 1.54) is 35.2 Å². The van der Waals surface area contributed by atoms with Crippen molar-refractivity contribution in [2.45, 2.75) is 23.8 Å². The average Bonchev–Trinajstić information content (AvgIpc) is 3.30. The third-order valence-electron chi connectivity index (χ3n) is 3.47. The SMILES string of the molecule is C[C@@H](NC(=O)CSc1nnc(NCc2ccco2)s1)c1ccc(F)cc1. The number of nitrogens with one attached hydrogen (secondary N) is 2. The zero-order valence-corrected chi connectivity index (χ0v) is 15.6. The number of aromatic nitrogens is 2. The first-order chi connectivity index (χ1) is 12.6. The van der Waals surface area contributed by atoms with E-state index in [2.05, 4.69) is 20.8 Å². The van der Waals surface area contributed by atoms with E-state index in [1.54, 1.807) is 18.4 Å². The van der Waals surface area contributed by atoms with Gasteiger partial charge in [0.2, 0.25) is 11.0 Å². The van der Waals surface area contributed by atoms with Crippen molar-refractivity contribution in [3.8, 4) is 0 Å². The summed E-state index contributed by atoms with van der Waals surface area (Å²) in [5.74, 6) is 0.629. The monoisotopic (exact) mass is 392 g/mol. The molecule has 0 bridgehead atoms. The summed E-state index contributed by atoms with van der Waals surface area (Å²) in [5.41, 5.74) is 0.852. The van der Waals surface area contributed by atoms with Crippen molar-refractivity contribution < 1.29 is 13.6 Å². The number of amides is 1. The summed E-state index contributed by atoms with van der Waals surface area (Å²) >= 11 is 2.70. The predicted molar refractivity (Wildman–Crippen MR) is 99.6 cm³/mol. The van der Waals surface area contributed by atoms with Gasteiger partial charge in [0, 0.05) is 0 Å². The number of halogens is 1. The number of benzene rings is 1. The van der Waals surface area contributed by atoms with Gasteiger partial charge >= 0.3 is 0 Å². The van der Waals surface area contributed by atoms with E-state index in [0.717, 1.165) is 11.3 Å². The van der Waals surface area contributed by atoms with Crippen LogP contribution in [-0.4, -0.2) is 21.9 Å². The lowest BCUT2D eigenvalue weighted by Crippen LogP contribution is -2.28. The number of nitrogens with zero attached hydrogens (tertiary/aromatic N) is 2. The summed E-state index contributed by atoms with van der Waals surface area (Å²) in [5, 5.41) is 14.8. The highest BCUT2D eigenvalue weighted by Crippen LogP contribution is 2.26. The Morgan fingerprint density at radius 3 is 2.85 bits per heavy atom. The summed E-state index contributed by atoms with van der Waals surface area (Å²) < 4.78 is 18.9. The predicted octanol–water partition coefficient (Wildman–Crippen LogP) is 3.85. The summed E-state index contributed by atoms with van der Waals surface area (Å²) in [4.78, 5) is 12.1. The van der Waals surface area contributed by atoms with Crippen LogP contribution in [0.15, 0.2) is 51.4 Å². The molecule has 3 rings (SSSR count). The van der Waals surface area contributed by atoms with Crippen molar-refractivity contribution in [3.05, 3.63) is 59.8 Å². The van der Waals surface area contributed by atoms with Crippen LogP contribution in [0.3, 0.4) is 0 Å². The van der Waals surface area contributed by atoms with Crippen LogP contribution in [-0.2, 0) is 11.3 Å². The third-order valence-corrected chi connectivity index (χ3v) is 5.49. The van der Waals surface area contributed by atoms with E-state index in [4.69, 9.17) is 4.42 Å². The quantitative estimate of drug-likeness (QED) is 0.567. The lowest BCUT2D eigenvalue weighted by atomic mass is 10.1. The lowest BCUT2D eigenvalue weighted by Gasteiger charge is -2.13. The van der Waals surface area contributed by atoms with Crippen LogP contribution >= 0.6 is 23.1 Å². The molecular formula is C17H17FN4O2S2. The normalized spacial score (nSPS) is 11.9. The smallest absolute Gasteiger partial charge is 0.230 e. The topological polar surface area (TPSA) is 80.0 Å². The Labute approximate surface area is 158 Å². The molecule has 9 heteroatoms.